The summed E-state index contributed by atoms with van der Waals surface area (Å²) in [5, 5.41) is 28.2. The fourth-order valence-corrected chi connectivity index (χ4v) is 3.27. The van der Waals surface area contributed by atoms with Gasteiger partial charge in [-0.1, -0.05) is 29.3 Å². The van der Waals surface area contributed by atoms with Crippen molar-refractivity contribution < 1.29 is 15.0 Å². The van der Waals surface area contributed by atoms with Gasteiger partial charge in [-0.2, -0.15) is 0 Å². The van der Waals surface area contributed by atoms with Gasteiger partial charge in [0.2, 0.25) is 5.88 Å². The molecule has 26 heavy (non-hydrogen) atoms. The molecule has 1 heterocycles. The van der Waals surface area contributed by atoms with Gasteiger partial charge in [0.05, 0.1) is 31.3 Å². The molecule has 0 spiro atoms. The molecule has 0 aliphatic heterocycles. The van der Waals surface area contributed by atoms with Gasteiger partial charge in [-0.25, -0.2) is 0 Å². The van der Waals surface area contributed by atoms with Crippen molar-refractivity contribution in [2.24, 2.45) is 10.2 Å². The molecule has 134 valence electrons. The third-order valence-corrected chi connectivity index (χ3v) is 5.16. The quantitative estimate of drug-likeness (QED) is 0.417. The van der Waals surface area contributed by atoms with Crippen LogP contribution in [0.4, 0.5) is 5.69 Å². The van der Waals surface area contributed by atoms with E-state index in [1.54, 1.807) is 31.2 Å². The second-order valence-corrected chi connectivity index (χ2v) is 7.24. The van der Waals surface area contributed by atoms with E-state index in [1.165, 1.54) is 6.07 Å². The van der Waals surface area contributed by atoms with Gasteiger partial charge < -0.3 is 15.2 Å². The Kier molecular flexibility index (Phi) is 5.22. The highest BCUT2D eigenvalue weighted by Crippen LogP contribution is 2.42. The highest BCUT2D eigenvalue weighted by atomic mass is 79.9. The molecule has 0 aliphatic rings. The van der Waals surface area contributed by atoms with Gasteiger partial charge in [0, 0.05) is 0 Å². The maximum absolute atomic E-state index is 12.3. The molecule has 0 bridgehead atoms. The van der Waals surface area contributed by atoms with Crippen LogP contribution in [0.3, 0.4) is 0 Å². The fourth-order valence-electron chi connectivity index (χ4n) is 2.42. The molecule has 0 fully saturated rings. The number of benzene rings is 2. The zero-order valence-corrected chi connectivity index (χ0v) is 16.4. The maximum Gasteiger partial charge on any atom is 0.271 e. The molecule has 3 aromatic rings. The first-order valence-electron chi connectivity index (χ1n) is 7.42. The topological polar surface area (TPSA) is 98.0 Å². The van der Waals surface area contributed by atoms with Crippen LogP contribution >= 0.6 is 39.1 Å². The van der Waals surface area contributed by atoms with Crippen molar-refractivity contribution >= 4 is 61.6 Å². The number of nitrogens with one attached hydrogen (secondary N) is 1. The number of fused-ring (bicyclic) bond motifs is 1. The van der Waals surface area contributed by atoms with Crippen LogP contribution in [0.1, 0.15) is 18.4 Å². The van der Waals surface area contributed by atoms with Crippen molar-refractivity contribution in [2.75, 3.05) is 0 Å². The molecular formula is C17H12BrCl2N3O3. The molecule has 3 N–H and O–H groups in total. The number of rotatable bonds is 3. The predicted molar refractivity (Wildman–Crippen MR) is 104 cm³/mol. The van der Waals surface area contributed by atoms with Crippen molar-refractivity contribution in [3.63, 3.8) is 0 Å². The minimum absolute atomic E-state index is 0.0416. The Hall–Kier alpha value is -2.09. The Balaban J connectivity index is 1.93. The number of phenolic OH excluding ortho intramolecular Hbond substituents is 1. The Morgan fingerprint density at radius 3 is 2.58 bits per heavy atom. The number of aromatic hydroxyl groups is 2. The van der Waals surface area contributed by atoms with Gasteiger partial charge >= 0.3 is 0 Å². The lowest BCUT2D eigenvalue weighted by Crippen LogP contribution is -2.05. The Morgan fingerprint density at radius 2 is 1.88 bits per heavy atom. The van der Waals surface area contributed by atoms with Crippen LogP contribution in [0, 0.1) is 0 Å². The van der Waals surface area contributed by atoms with Crippen LogP contribution in [0.2, 0.25) is 10.0 Å². The summed E-state index contributed by atoms with van der Waals surface area (Å²) in [5.74, 6) is -1.33. The van der Waals surface area contributed by atoms with Crippen molar-refractivity contribution in [1.29, 1.82) is 0 Å². The van der Waals surface area contributed by atoms with E-state index in [0.717, 1.165) is 0 Å². The van der Waals surface area contributed by atoms with E-state index >= 15 is 0 Å². The van der Waals surface area contributed by atoms with E-state index in [4.69, 9.17) is 23.2 Å². The average molecular weight is 457 g/mol. The van der Waals surface area contributed by atoms with Gasteiger partial charge in [0.1, 0.15) is 5.75 Å². The summed E-state index contributed by atoms with van der Waals surface area (Å²) in [7, 11) is 0. The first-order valence-corrected chi connectivity index (χ1v) is 8.97. The number of phenols is 1. The summed E-state index contributed by atoms with van der Waals surface area (Å²) >= 11 is 15.4. The first-order chi connectivity index (χ1) is 12.3. The lowest BCUT2D eigenvalue weighted by Gasteiger charge is -2.08. The summed E-state index contributed by atoms with van der Waals surface area (Å²) < 4.78 is 0.474. The second kappa shape index (κ2) is 7.26. The second-order valence-electron chi connectivity index (χ2n) is 5.57. The van der Waals surface area contributed by atoms with Crippen LogP contribution < -0.4 is 0 Å². The summed E-state index contributed by atoms with van der Waals surface area (Å²) in [4.78, 5) is 15.0. The monoisotopic (exact) mass is 455 g/mol. The van der Waals surface area contributed by atoms with E-state index < -0.39 is 11.8 Å². The van der Waals surface area contributed by atoms with Crippen LogP contribution in [0.15, 0.2) is 45.0 Å². The lowest BCUT2D eigenvalue weighted by molar-refractivity contribution is -0.119. The summed E-state index contributed by atoms with van der Waals surface area (Å²) in [6, 6.07) is 7.88. The van der Waals surface area contributed by atoms with Crippen LogP contribution in [0.5, 0.6) is 11.6 Å². The number of aromatic nitrogens is 1. The molecule has 1 amide bonds. The largest absolute Gasteiger partial charge is 0.507 e. The zero-order chi connectivity index (χ0) is 19.0. The van der Waals surface area contributed by atoms with E-state index in [-0.39, 0.29) is 17.3 Å². The molecule has 0 saturated heterocycles. The maximum atomic E-state index is 12.3. The third-order valence-electron chi connectivity index (χ3n) is 3.90. The third kappa shape index (κ3) is 3.42. The van der Waals surface area contributed by atoms with E-state index in [0.29, 0.717) is 31.0 Å². The minimum atomic E-state index is -0.595. The number of carbonyl (C=O) groups excluding carboxylic acids is 1. The number of aromatic amines is 1. The fraction of sp³-hybridized carbons (Fsp3) is 0.118. The smallest absolute Gasteiger partial charge is 0.271 e. The van der Waals surface area contributed by atoms with Gasteiger partial charge in [0.25, 0.3) is 5.91 Å². The summed E-state index contributed by atoms with van der Waals surface area (Å²) in [5.41, 5.74) is 1.11. The van der Waals surface area contributed by atoms with Gasteiger partial charge in [0.15, 0.2) is 5.69 Å². The number of hydrogen-bond acceptors (Lipinski definition) is 4. The number of halogens is 3. The number of nitrogens with zero attached hydrogens (tertiary/aromatic N) is 2. The van der Waals surface area contributed by atoms with E-state index in [1.807, 2.05) is 0 Å². The number of azo groups is 1. The summed E-state index contributed by atoms with van der Waals surface area (Å²) in [6.07, 6.45) is 0. The Labute approximate surface area is 166 Å². The van der Waals surface area contributed by atoms with Crippen molar-refractivity contribution in [2.45, 2.75) is 12.8 Å². The normalized spacial score (nSPS) is 12.8. The van der Waals surface area contributed by atoms with E-state index in [2.05, 4.69) is 31.1 Å². The predicted octanol–water partition coefficient (Wildman–Crippen LogP) is 6.06. The molecule has 0 radical (unpaired) electrons. The Morgan fingerprint density at radius 1 is 1.19 bits per heavy atom. The molecule has 1 unspecified atom stereocenters. The number of hydrogen-bond donors (Lipinski definition) is 3. The summed E-state index contributed by atoms with van der Waals surface area (Å²) in [6.45, 7) is 1.67. The first kappa shape index (κ1) is 18.7. The van der Waals surface area contributed by atoms with Gasteiger partial charge in [-0.3, -0.25) is 4.79 Å². The molecule has 1 atom stereocenters. The molecule has 6 nitrogen and oxygen atoms in total. The molecule has 0 saturated carbocycles. The van der Waals surface area contributed by atoms with Crippen LogP contribution in [-0.2, 0) is 4.79 Å². The molecule has 9 heteroatoms. The van der Waals surface area contributed by atoms with Crippen LogP contribution in [-0.4, -0.2) is 21.1 Å². The van der Waals surface area contributed by atoms with Gasteiger partial charge in [-0.15, -0.1) is 10.2 Å². The van der Waals surface area contributed by atoms with Crippen molar-refractivity contribution in [3.8, 4) is 11.6 Å². The number of carbonyl (C=O) groups is 1. The number of H-pyrrole nitrogens is 1. The SMILES string of the molecule is CC(C(=O)N=Nc1c(O)[nH]c2c(Cl)ccc(Cl)c12)c1ccc(O)c(Br)c1. The lowest BCUT2D eigenvalue weighted by atomic mass is 10.0. The number of amides is 1. The van der Waals surface area contributed by atoms with Crippen molar-refractivity contribution in [1.82, 2.24) is 4.98 Å². The Bertz CT molecular complexity index is 1050. The molecule has 1 aromatic heterocycles. The van der Waals surface area contributed by atoms with Crippen molar-refractivity contribution in [3.05, 3.63) is 50.4 Å². The molecule has 2 aromatic carbocycles. The highest BCUT2D eigenvalue weighted by molar-refractivity contribution is 9.10. The standard InChI is InChI=1S/C17H12BrCl2N3O3/c1-7(8-2-5-12(24)9(18)6-8)16(25)23-22-15-13-10(19)3-4-11(20)14(13)21-17(15)26/h2-7,21,24,26H,1H3. The average Bonchev–Trinajstić information content (AvgIpc) is 2.95. The molecule has 0 aliphatic carbocycles. The zero-order valence-electron chi connectivity index (χ0n) is 13.3. The molecule has 3 rings (SSSR count). The van der Waals surface area contributed by atoms with E-state index in [9.17, 15) is 15.0 Å². The minimum Gasteiger partial charge on any atom is -0.507 e. The van der Waals surface area contributed by atoms with Gasteiger partial charge in [-0.05, 0) is 52.7 Å². The van der Waals surface area contributed by atoms with Crippen LogP contribution in [0.25, 0.3) is 10.9 Å². The highest BCUT2D eigenvalue weighted by Gasteiger charge is 2.19. The molecular weight excluding hydrogens is 445 g/mol.